The van der Waals surface area contributed by atoms with E-state index in [0.717, 1.165) is 19.4 Å². The van der Waals surface area contributed by atoms with E-state index in [4.69, 9.17) is 9.47 Å². The first-order valence-electron chi connectivity index (χ1n) is 2.78. The van der Waals surface area contributed by atoms with Crippen LogP contribution in [0.15, 0.2) is 0 Å². The minimum Gasteiger partial charge on any atom is -0.485 e. The maximum absolute atomic E-state index is 5.09. The SMILES string of the molecule is S=C([S-])OC1CCCO1.[K+]. The Morgan fingerprint density at radius 2 is 2.40 bits per heavy atom. The molecule has 1 fully saturated rings. The molecule has 52 valence electrons. The summed E-state index contributed by atoms with van der Waals surface area (Å²) in [6.07, 6.45) is 1.80. The molecule has 0 bridgehead atoms. The maximum atomic E-state index is 5.09. The summed E-state index contributed by atoms with van der Waals surface area (Å²) in [5.74, 6) is 0. The van der Waals surface area contributed by atoms with Gasteiger partial charge in [0.2, 0.25) is 0 Å². The fourth-order valence-corrected chi connectivity index (χ4v) is 0.963. The Labute approximate surface area is 114 Å². The zero-order chi connectivity index (χ0) is 6.69. The van der Waals surface area contributed by atoms with Crippen LogP contribution in [0.1, 0.15) is 12.8 Å². The predicted molar refractivity (Wildman–Crippen MR) is 40.0 cm³/mol. The second-order valence-corrected chi connectivity index (χ2v) is 2.81. The fourth-order valence-electron chi connectivity index (χ4n) is 0.748. The minimum absolute atomic E-state index is 0. The van der Waals surface area contributed by atoms with Crippen LogP contribution >= 0.6 is 12.2 Å². The molecule has 5 heteroatoms. The van der Waals surface area contributed by atoms with E-state index in [0.29, 0.717) is 0 Å². The van der Waals surface area contributed by atoms with Crippen molar-refractivity contribution in [2.45, 2.75) is 19.1 Å². The van der Waals surface area contributed by atoms with Crippen molar-refractivity contribution < 1.29 is 60.9 Å². The summed E-state index contributed by atoms with van der Waals surface area (Å²) in [7, 11) is 0. The second kappa shape index (κ2) is 6.25. The molecule has 1 aliphatic rings. The summed E-state index contributed by atoms with van der Waals surface area (Å²) >= 11 is 9.09. The van der Waals surface area contributed by atoms with Crippen molar-refractivity contribution in [3.63, 3.8) is 0 Å². The van der Waals surface area contributed by atoms with Gasteiger partial charge in [-0.1, -0.05) is 0 Å². The Hall–Kier alpha value is 1.71. The largest absolute Gasteiger partial charge is 1.00 e. The first-order chi connectivity index (χ1) is 4.29. The normalized spacial score (nSPS) is 23.4. The summed E-state index contributed by atoms with van der Waals surface area (Å²) in [6, 6.07) is 0. The molecule has 1 unspecified atom stereocenters. The van der Waals surface area contributed by atoms with Gasteiger partial charge in [0, 0.05) is 10.8 Å². The van der Waals surface area contributed by atoms with Crippen LogP contribution in [-0.2, 0) is 22.1 Å². The van der Waals surface area contributed by atoms with Crippen molar-refractivity contribution in [3.8, 4) is 0 Å². The number of thiocarbonyl (C=S) groups is 1. The molecule has 1 atom stereocenters. The topological polar surface area (TPSA) is 18.5 Å². The van der Waals surface area contributed by atoms with Crippen LogP contribution in [0.5, 0.6) is 0 Å². The Balaban J connectivity index is 0.000000810. The van der Waals surface area contributed by atoms with Crippen LogP contribution in [0, 0.1) is 0 Å². The van der Waals surface area contributed by atoms with Gasteiger partial charge in [-0.15, -0.1) is 0 Å². The van der Waals surface area contributed by atoms with E-state index in [2.05, 4.69) is 24.8 Å². The van der Waals surface area contributed by atoms with E-state index < -0.39 is 0 Å². The minimum atomic E-state index is -0.157. The molecule has 0 aromatic heterocycles. The smallest absolute Gasteiger partial charge is 0.485 e. The number of rotatable bonds is 1. The number of hydrogen-bond donors (Lipinski definition) is 0. The quantitative estimate of drug-likeness (QED) is 0.277. The van der Waals surface area contributed by atoms with Gasteiger partial charge in [-0.2, -0.15) is 0 Å². The van der Waals surface area contributed by atoms with E-state index in [1.807, 2.05) is 0 Å². The van der Waals surface area contributed by atoms with Gasteiger partial charge in [0.15, 0.2) is 6.29 Å². The first kappa shape index (κ1) is 11.7. The van der Waals surface area contributed by atoms with Crippen molar-refractivity contribution in [1.82, 2.24) is 0 Å². The second-order valence-electron chi connectivity index (χ2n) is 1.81. The zero-order valence-corrected chi connectivity index (χ0v) is 10.6. The molecule has 0 amide bonds. The monoisotopic (exact) mass is 202 g/mol. The molecule has 10 heavy (non-hydrogen) atoms. The summed E-state index contributed by atoms with van der Waals surface area (Å²) in [4.78, 5) is 0. The van der Waals surface area contributed by atoms with Gasteiger partial charge < -0.3 is 34.3 Å². The number of ether oxygens (including phenoxy) is 2. The van der Waals surface area contributed by atoms with Gasteiger partial charge in [-0.05, 0) is 6.42 Å². The van der Waals surface area contributed by atoms with E-state index in [1.165, 1.54) is 0 Å². The van der Waals surface area contributed by atoms with Crippen molar-refractivity contribution in [2.75, 3.05) is 6.61 Å². The molecule has 0 N–H and O–H groups in total. The molecule has 1 saturated heterocycles. The van der Waals surface area contributed by atoms with E-state index in [-0.39, 0.29) is 62.1 Å². The van der Waals surface area contributed by atoms with Gasteiger partial charge >= 0.3 is 51.4 Å². The van der Waals surface area contributed by atoms with Crippen molar-refractivity contribution in [1.29, 1.82) is 0 Å². The molecule has 1 rings (SSSR count). The van der Waals surface area contributed by atoms with E-state index >= 15 is 0 Å². The Kier molecular flexibility index (Phi) is 7.31. The van der Waals surface area contributed by atoms with Crippen molar-refractivity contribution >= 4 is 29.2 Å². The summed E-state index contributed by atoms with van der Waals surface area (Å²) in [6.45, 7) is 0.766. The van der Waals surface area contributed by atoms with Crippen LogP contribution in [0.4, 0.5) is 0 Å². The Morgan fingerprint density at radius 3 is 2.80 bits per heavy atom. The molecule has 0 radical (unpaired) electrons. The number of hydrogen-bond acceptors (Lipinski definition) is 4. The van der Waals surface area contributed by atoms with E-state index in [9.17, 15) is 0 Å². The predicted octanol–water partition coefficient (Wildman–Crippen LogP) is -2.02. The molecular formula is C5H7KO2S2. The summed E-state index contributed by atoms with van der Waals surface area (Å²) < 4.78 is 10.2. The van der Waals surface area contributed by atoms with Crippen LogP contribution in [-0.4, -0.2) is 17.3 Å². The third-order valence-electron chi connectivity index (χ3n) is 1.12. The van der Waals surface area contributed by atoms with Gasteiger partial charge in [-0.3, -0.25) is 0 Å². The van der Waals surface area contributed by atoms with Crippen LogP contribution in [0.2, 0.25) is 0 Å². The van der Waals surface area contributed by atoms with Gasteiger partial charge in [0.05, 0.1) is 6.61 Å². The molecule has 0 aromatic rings. The van der Waals surface area contributed by atoms with Gasteiger partial charge in [0.25, 0.3) is 0 Å². The molecule has 2 nitrogen and oxygen atoms in total. The third kappa shape index (κ3) is 4.56. The average molecular weight is 202 g/mol. The third-order valence-corrected chi connectivity index (χ3v) is 1.31. The molecule has 1 heterocycles. The maximum Gasteiger partial charge on any atom is 1.00 e. The Bertz CT molecular complexity index is 114. The molecule has 1 aliphatic heterocycles. The molecule has 0 aliphatic carbocycles. The molecule has 0 aromatic carbocycles. The fraction of sp³-hybridized carbons (Fsp3) is 0.800. The molecule has 0 spiro atoms. The summed E-state index contributed by atoms with van der Waals surface area (Å²) in [5.41, 5.74) is 0. The van der Waals surface area contributed by atoms with Gasteiger partial charge in [-0.25, -0.2) is 0 Å². The van der Waals surface area contributed by atoms with Crippen LogP contribution in [0.25, 0.3) is 0 Å². The van der Waals surface area contributed by atoms with E-state index in [1.54, 1.807) is 0 Å². The first-order valence-corrected chi connectivity index (χ1v) is 3.60. The molecular weight excluding hydrogens is 195 g/mol. The van der Waals surface area contributed by atoms with Crippen LogP contribution in [0.3, 0.4) is 0 Å². The summed E-state index contributed by atoms with van der Waals surface area (Å²) in [5, 5.41) is 0. The Morgan fingerprint density at radius 1 is 1.70 bits per heavy atom. The van der Waals surface area contributed by atoms with Crippen LogP contribution < -0.4 is 51.4 Å². The zero-order valence-electron chi connectivity index (χ0n) is 5.83. The van der Waals surface area contributed by atoms with Gasteiger partial charge in [0.1, 0.15) is 0 Å². The van der Waals surface area contributed by atoms with Crippen molar-refractivity contribution in [2.24, 2.45) is 0 Å². The average Bonchev–Trinajstić information content (AvgIpc) is 2.15. The van der Waals surface area contributed by atoms with Crippen molar-refractivity contribution in [3.05, 3.63) is 0 Å². The standard InChI is InChI=1S/C5H8O2S2.K/c8-5(9)7-4-2-1-3-6-4;/h4H,1-3H2,(H,8,9);/q;+1/p-1. The molecule has 0 saturated carbocycles.